The molecule has 1 amide bonds. The first-order chi connectivity index (χ1) is 9.65. The highest BCUT2D eigenvalue weighted by atomic mass is 79.9. The molecule has 20 heavy (non-hydrogen) atoms. The lowest BCUT2D eigenvalue weighted by Crippen LogP contribution is -2.16. The van der Waals surface area contributed by atoms with Crippen molar-refractivity contribution in [3.8, 4) is 0 Å². The lowest BCUT2D eigenvalue weighted by molar-refractivity contribution is -0.116. The fraction of sp³-hybridized carbons (Fsp3) is 0.562. The number of rotatable bonds is 2. The fourth-order valence-electron chi connectivity index (χ4n) is 3.15. The van der Waals surface area contributed by atoms with Gasteiger partial charge in [-0.25, -0.2) is 0 Å². The molecule has 3 unspecified atom stereocenters. The Hall–Kier alpha value is -0.870. The minimum absolute atomic E-state index is 0.129. The van der Waals surface area contributed by atoms with Crippen LogP contribution in [0.15, 0.2) is 18.2 Å². The van der Waals surface area contributed by atoms with Gasteiger partial charge in [-0.05, 0) is 43.4 Å². The van der Waals surface area contributed by atoms with Crippen molar-refractivity contribution in [1.82, 2.24) is 0 Å². The summed E-state index contributed by atoms with van der Waals surface area (Å²) in [6.07, 6.45) is 3.93. The second-order valence-electron chi connectivity index (χ2n) is 5.75. The third kappa shape index (κ3) is 2.77. The van der Waals surface area contributed by atoms with Crippen LogP contribution >= 0.6 is 15.9 Å². The number of fused-ring (bicyclic) bond motifs is 1. The average Bonchev–Trinajstić information content (AvgIpc) is 2.76. The standard InChI is InChI=1S/C16H20BrNO2/c1-10-13(7-8-20-10)16(17)12-5-6-14-11(9-12)3-2-4-15(19)18-14/h5-6,9-10,13,16H,2-4,7-8H2,1H3,(H,18,19). The molecule has 0 radical (unpaired) electrons. The summed E-state index contributed by atoms with van der Waals surface area (Å²) in [5.41, 5.74) is 3.53. The Morgan fingerprint density at radius 1 is 1.40 bits per heavy atom. The number of hydrogen-bond acceptors (Lipinski definition) is 2. The fourth-order valence-corrected chi connectivity index (χ4v) is 4.12. The summed E-state index contributed by atoms with van der Waals surface area (Å²) in [5, 5.41) is 2.99. The molecule has 0 saturated carbocycles. The van der Waals surface area contributed by atoms with Crippen molar-refractivity contribution in [2.75, 3.05) is 11.9 Å². The van der Waals surface area contributed by atoms with Crippen molar-refractivity contribution < 1.29 is 9.53 Å². The second-order valence-corrected chi connectivity index (χ2v) is 6.74. The van der Waals surface area contributed by atoms with E-state index in [2.05, 4.69) is 40.3 Å². The first-order valence-corrected chi connectivity index (χ1v) is 8.25. The van der Waals surface area contributed by atoms with E-state index < -0.39 is 0 Å². The largest absolute Gasteiger partial charge is 0.378 e. The average molecular weight is 338 g/mol. The number of carbonyl (C=O) groups excluding carboxylic acids is 1. The van der Waals surface area contributed by atoms with E-state index in [1.807, 2.05) is 6.07 Å². The van der Waals surface area contributed by atoms with Crippen LogP contribution in [0, 0.1) is 5.92 Å². The number of amides is 1. The topological polar surface area (TPSA) is 38.3 Å². The van der Waals surface area contributed by atoms with Gasteiger partial charge in [0.2, 0.25) is 5.91 Å². The molecule has 0 aromatic heterocycles. The van der Waals surface area contributed by atoms with Crippen LogP contribution in [0.25, 0.3) is 0 Å². The minimum Gasteiger partial charge on any atom is -0.378 e. The highest BCUT2D eigenvalue weighted by Gasteiger charge is 2.31. The minimum atomic E-state index is 0.129. The predicted molar refractivity (Wildman–Crippen MR) is 83.2 cm³/mol. The van der Waals surface area contributed by atoms with E-state index in [1.165, 1.54) is 11.1 Å². The lowest BCUT2D eigenvalue weighted by Gasteiger charge is -2.22. The zero-order valence-electron chi connectivity index (χ0n) is 11.7. The molecule has 4 heteroatoms. The highest BCUT2D eigenvalue weighted by Crippen LogP contribution is 2.40. The number of carbonyl (C=O) groups is 1. The maximum atomic E-state index is 11.6. The normalized spacial score (nSPS) is 27.6. The van der Waals surface area contributed by atoms with Crippen LogP contribution in [-0.4, -0.2) is 18.6 Å². The zero-order chi connectivity index (χ0) is 14.1. The highest BCUT2D eigenvalue weighted by molar-refractivity contribution is 9.09. The van der Waals surface area contributed by atoms with Crippen LogP contribution in [0.4, 0.5) is 5.69 Å². The van der Waals surface area contributed by atoms with E-state index in [4.69, 9.17) is 4.74 Å². The van der Waals surface area contributed by atoms with Crippen LogP contribution < -0.4 is 5.32 Å². The van der Waals surface area contributed by atoms with Crippen molar-refractivity contribution in [1.29, 1.82) is 0 Å². The third-order valence-corrected chi connectivity index (χ3v) is 5.59. The Morgan fingerprint density at radius 2 is 2.25 bits per heavy atom. The molecule has 3 rings (SSSR count). The molecule has 1 saturated heterocycles. The molecule has 3 atom stereocenters. The number of aryl methyl sites for hydroxylation is 1. The van der Waals surface area contributed by atoms with Gasteiger partial charge in [0, 0.05) is 29.5 Å². The predicted octanol–water partition coefficient (Wildman–Crippen LogP) is 3.82. The number of halogens is 1. The van der Waals surface area contributed by atoms with Gasteiger partial charge >= 0.3 is 0 Å². The molecule has 1 aromatic rings. The van der Waals surface area contributed by atoms with Crippen LogP contribution in [-0.2, 0) is 16.0 Å². The van der Waals surface area contributed by atoms with Gasteiger partial charge in [-0.2, -0.15) is 0 Å². The van der Waals surface area contributed by atoms with Crippen LogP contribution in [0.3, 0.4) is 0 Å². The Labute approximate surface area is 128 Å². The van der Waals surface area contributed by atoms with Gasteiger partial charge in [0.15, 0.2) is 0 Å². The SMILES string of the molecule is CC1OCCC1C(Br)c1ccc2c(c1)CCCC(=O)N2. The van der Waals surface area contributed by atoms with Crippen LogP contribution in [0.2, 0.25) is 0 Å². The number of anilines is 1. The first kappa shape index (κ1) is 14.1. The third-order valence-electron chi connectivity index (χ3n) is 4.38. The number of alkyl halides is 1. The summed E-state index contributed by atoms with van der Waals surface area (Å²) in [6.45, 7) is 3.00. The summed E-state index contributed by atoms with van der Waals surface area (Å²) in [6, 6.07) is 6.41. The Balaban J connectivity index is 1.84. The maximum Gasteiger partial charge on any atom is 0.224 e. The van der Waals surface area contributed by atoms with Gasteiger partial charge in [0.25, 0.3) is 0 Å². The van der Waals surface area contributed by atoms with Crippen molar-refractivity contribution in [3.05, 3.63) is 29.3 Å². The number of nitrogens with one attached hydrogen (secondary N) is 1. The molecule has 108 valence electrons. The summed E-state index contributed by atoms with van der Waals surface area (Å²) in [5.74, 6) is 0.651. The second kappa shape index (κ2) is 5.86. The first-order valence-electron chi connectivity index (χ1n) is 7.33. The molecule has 1 fully saturated rings. The van der Waals surface area contributed by atoms with Crippen molar-refractivity contribution in [3.63, 3.8) is 0 Å². The lowest BCUT2D eigenvalue weighted by atomic mass is 9.92. The summed E-state index contributed by atoms with van der Waals surface area (Å²) in [7, 11) is 0. The van der Waals surface area contributed by atoms with E-state index in [9.17, 15) is 4.79 Å². The quantitative estimate of drug-likeness (QED) is 0.833. The molecule has 1 N–H and O–H groups in total. The summed E-state index contributed by atoms with van der Waals surface area (Å²) in [4.78, 5) is 11.9. The van der Waals surface area contributed by atoms with Crippen LogP contribution in [0.5, 0.6) is 0 Å². The molecule has 0 aliphatic carbocycles. The van der Waals surface area contributed by atoms with E-state index in [0.29, 0.717) is 23.3 Å². The Morgan fingerprint density at radius 3 is 3.00 bits per heavy atom. The number of ether oxygens (including phenoxy) is 1. The molecule has 0 bridgehead atoms. The van der Waals surface area contributed by atoms with Crippen molar-refractivity contribution in [2.45, 2.75) is 43.5 Å². The molecule has 3 nitrogen and oxygen atoms in total. The maximum absolute atomic E-state index is 11.6. The molecular weight excluding hydrogens is 318 g/mol. The van der Waals surface area contributed by atoms with Gasteiger partial charge in [0.1, 0.15) is 0 Å². The van der Waals surface area contributed by atoms with Gasteiger partial charge in [0.05, 0.1) is 6.10 Å². The van der Waals surface area contributed by atoms with E-state index in [0.717, 1.165) is 31.6 Å². The van der Waals surface area contributed by atoms with Gasteiger partial charge in [-0.15, -0.1) is 0 Å². The Bertz CT molecular complexity index is 517. The molecule has 1 aromatic carbocycles. The van der Waals surface area contributed by atoms with E-state index in [1.54, 1.807) is 0 Å². The number of benzene rings is 1. The zero-order valence-corrected chi connectivity index (χ0v) is 13.3. The molecule has 0 spiro atoms. The number of hydrogen-bond donors (Lipinski definition) is 1. The summed E-state index contributed by atoms with van der Waals surface area (Å²) >= 11 is 3.85. The van der Waals surface area contributed by atoms with Crippen LogP contribution in [0.1, 0.15) is 42.1 Å². The van der Waals surface area contributed by atoms with Crippen molar-refractivity contribution >= 4 is 27.5 Å². The Kier molecular flexibility index (Phi) is 4.13. The molecule has 2 aliphatic rings. The molecule has 2 aliphatic heterocycles. The summed E-state index contributed by atoms with van der Waals surface area (Å²) < 4.78 is 5.67. The van der Waals surface area contributed by atoms with E-state index >= 15 is 0 Å². The monoisotopic (exact) mass is 337 g/mol. The van der Waals surface area contributed by atoms with Gasteiger partial charge in [-0.3, -0.25) is 4.79 Å². The van der Waals surface area contributed by atoms with Gasteiger partial charge in [-0.1, -0.05) is 28.1 Å². The molecule has 2 heterocycles. The van der Waals surface area contributed by atoms with E-state index in [-0.39, 0.29) is 5.91 Å². The van der Waals surface area contributed by atoms with Gasteiger partial charge < -0.3 is 10.1 Å². The smallest absolute Gasteiger partial charge is 0.224 e. The van der Waals surface area contributed by atoms with Crippen molar-refractivity contribution in [2.24, 2.45) is 5.92 Å². The molecular formula is C16H20BrNO2.